The van der Waals surface area contributed by atoms with E-state index in [1.54, 1.807) is 26.0 Å². The Balaban J connectivity index is 2.31. The summed E-state index contributed by atoms with van der Waals surface area (Å²) in [5.41, 5.74) is 0. The fourth-order valence-corrected chi connectivity index (χ4v) is 1.96. The van der Waals surface area contributed by atoms with E-state index < -0.39 is 23.9 Å². The van der Waals surface area contributed by atoms with Gasteiger partial charge in [0.1, 0.15) is 5.92 Å². The molecule has 0 radical (unpaired) electrons. The zero-order chi connectivity index (χ0) is 13.3. The number of amides is 1. The molecule has 1 aromatic rings. The number of carbonyl (C=O) groups excluding carboxylic acids is 1. The number of carboxylic acids is 1. The van der Waals surface area contributed by atoms with Crippen molar-refractivity contribution in [1.82, 2.24) is 4.98 Å². The molecule has 0 spiro atoms. The van der Waals surface area contributed by atoms with E-state index in [4.69, 9.17) is 4.74 Å². The van der Waals surface area contributed by atoms with E-state index in [1.165, 1.54) is 6.20 Å². The first-order valence-corrected chi connectivity index (χ1v) is 5.66. The maximum absolute atomic E-state index is 11.9. The molecule has 2 atom stereocenters. The van der Waals surface area contributed by atoms with Crippen molar-refractivity contribution in [3.05, 3.63) is 18.3 Å². The molecule has 2 unspecified atom stereocenters. The first-order valence-electron chi connectivity index (χ1n) is 5.66. The van der Waals surface area contributed by atoms with Gasteiger partial charge in [0.2, 0.25) is 0 Å². The predicted octanol–water partition coefficient (Wildman–Crippen LogP) is 1.14. The van der Waals surface area contributed by atoms with Crippen LogP contribution < -0.4 is 10.1 Å². The fourth-order valence-electron chi connectivity index (χ4n) is 1.96. The molecular weight excluding hydrogens is 236 g/mol. The first kappa shape index (κ1) is 12.3. The smallest absolute Gasteiger partial charge is 0.311 e. The molecule has 0 fully saturated rings. The van der Waals surface area contributed by atoms with Gasteiger partial charge in [0.25, 0.3) is 5.91 Å². The summed E-state index contributed by atoms with van der Waals surface area (Å²) in [7, 11) is 0. The summed E-state index contributed by atoms with van der Waals surface area (Å²) in [6, 6.07) is 3.31. The van der Waals surface area contributed by atoms with Crippen LogP contribution in [-0.4, -0.2) is 28.1 Å². The number of nitrogens with zero attached hydrogens (tertiary/aromatic N) is 1. The number of aromatic nitrogens is 1. The van der Waals surface area contributed by atoms with E-state index in [-0.39, 0.29) is 5.92 Å². The molecule has 0 aromatic carbocycles. The van der Waals surface area contributed by atoms with Crippen molar-refractivity contribution in [1.29, 1.82) is 0 Å². The van der Waals surface area contributed by atoms with Crippen LogP contribution in [0.2, 0.25) is 0 Å². The lowest BCUT2D eigenvalue weighted by Crippen LogP contribution is -2.47. The topological polar surface area (TPSA) is 88.5 Å². The average molecular weight is 250 g/mol. The highest BCUT2D eigenvalue weighted by Crippen LogP contribution is 2.31. The van der Waals surface area contributed by atoms with Crippen LogP contribution in [0.25, 0.3) is 0 Å². The third kappa shape index (κ3) is 2.13. The third-order valence-corrected chi connectivity index (χ3v) is 2.85. The van der Waals surface area contributed by atoms with Gasteiger partial charge in [-0.3, -0.25) is 9.59 Å². The van der Waals surface area contributed by atoms with Crippen LogP contribution in [0.3, 0.4) is 0 Å². The van der Waals surface area contributed by atoms with Gasteiger partial charge in [0, 0.05) is 6.20 Å². The standard InChI is InChI=1S/C12H14N2O4/c1-6(2)8(12(16)17)9-11(15)14-10-7(18-9)4-3-5-13-10/h3-6,8-9H,1-2H3,(H,16,17)(H,13,14,15). The molecule has 6 nitrogen and oxygen atoms in total. The highest BCUT2D eigenvalue weighted by molar-refractivity contribution is 5.99. The monoisotopic (exact) mass is 250 g/mol. The molecule has 18 heavy (non-hydrogen) atoms. The van der Waals surface area contributed by atoms with Crippen molar-refractivity contribution in [3.63, 3.8) is 0 Å². The Bertz CT molecular complexity index is 487. The van der Waals surface area contributed by atoms with Crippen LogP contribution in [0.1, 0.15) is 13.8 Å². The molecule has 0 saturated carbocycles. The summed E-state index contributed by atoms with van der Waals surface area (Å²) in [5, 5.41) is 11.7. The van der Waals surface area contributed by atoms with E-state index in [0.29, 0.717) is 11.6 Å². The number of carbonyl (C=O) groups is 2. The van der Waals surface area contributed by atoms with E-state index in [1.807, 2.05) is 0 Å². The maximum atomic E-state index is 11.9. The van der Waals surface area contributed by atoms with Gasteiger partial charge in [0.05, 0.1) is 0 Å². The van der Waals surface area contributed by atoms with Gasteiger partial charge in [-0.25, -0.2) is 4.98 Å². The molecule has 1 aliphatic rings. The number of aliphatic carboxylic acids is 1. The number of rotatable bonds is 3. The Morgan fingerprint density at radius 2 is 2.28 bits per heavy atom. The van der Waals surface area contributed by atoms with Gasteiger partial charge >= 0.3 is 5.97 Å². The van der Waals surface area contributed by atoms with Crippen molar-refractivity contribution in [2.75, 3.05) is 5.32 Å². The van der Waals surface area contributed by atoms with Gasteiger partial charge in [-0.15, -0.1) is 0 Å². The molecule has 6 heteroatoms. The minimum atomic E-state index is -1.04. The second-order valence-electron chi connectivity index (χ2n) is 4.49. The normalized spacial score (nSPS) is 19.7. The molecule has 0 bridgehead atoms. The molecule has 2 heterocycles. The minimum absolute atomic E-state index is 0.212. The summed E-state index contributed by atoms with van der Waals surface area (Å²) in [6.07, 6.45) is 0.499. The van der Waals surface area contributed by atoms with E-state index in [2.05, 4.69) is 10.3 Å². The Morgan fingerprint density at radius 1 is 1.56 bits per heavy atom. The average Bonchev–Trinajstić information content (AvgIpc) is 2.29. The van der Waals surface area contributed by atoms with E-state index >= 15 is 0 Å². The summed E-state index contributed by atoms with van der Waals surface area (Å²) in [6.45, 7) is 3.49. The SMILES string of the molecule is CC(C)C(C(=O)O)C1Oc2cccnc2NC1=O. The Kier molecular flexibility index (Phi) is 3.18. The lowest BCUT2D eigenvalue weighted by Gasteiger charge is -2.30. The van der Waals surface area contributed by atoms with Gasteiger partial charge in [-0.2, -0.15) is 0 Å². The first-order chi connectivity index (χ1) is 8.50. The Morgan fingerprint density at radius 3 is 2.89 bits per heavy atom. The lowest BCUT2D eigenvalue weighted by molar-refractivity contribution is -0.151. The highest BCUT2D eigenvalue weighted by Gasteiger charge is 2.41. The van der Waals surface area contributed by atoms with Crippen molar-refractivity contribution in [2.45, 2.75) is 20.0 Å². The predicted molar refractivity (Wildman–Crippen MR) is 63.2 cm³/mol. The number of pyridine rings is 1. The number of hydrogen-bond donors (Lipinski definition) is 2. The lowest BCUT2D eigenvalue weighted by atomic mass is 9.89. The number of ether oxygens (including phenoxy) is 1. The van der Waals surface area contributed by atoms with Gasteiger partial charge in [0.15, 0.2) is 17.7 Å². The molecule has 0 aliphatic carbocycles. The summed E-state index contributed by atoms with van der Waals surface area (Å²) in [5.74, 6) is -1.89. The summed E-state index contributed by atoms with van der Waals surface area (Å²) >= 11 is 0. The number of fused-ring (bicyclic) bond motifs is 1. The molecule has 1 amide bonds. The van der Waals surface area contributed by atoms with Crippen molar-refractivity contribution in [2.24, 2.45) is 11.8 Å². The molecule has 96 valence electrons. The molecule has 2 N–H and O–H groups in total. The molecule has 2 rings (SSSR count). The van der Waals surface area contributed by atoms with Crippen LogP contribution in [0.4, 0.5) is 5.82 Å². The van der Waals surface area contributed by atoms with Crippen molar-refractivity contribution in [3.8, 4) is 5.75 Å². The largest absolute Gasteiger partial charge is 0.481 e. The molecule has 0 saturated heterocycles. The number of nitrogens with one attached hydrogen (secondary N) is 1. The van der Waals surface area contributed by atoms with Crippen LogP contribution in [0.5, 0.6) is 5.75 Å². The van der Waals surface area contributed by atoms with Crippen LogP contribution in [0, 0.1) is 11.8 Å². The number of anilines is 1. The zero-order valence-electron chi connectivity index (χ0n) is 10.1. The second-order valence-corrected chi connectivity index (χ2v) is 4.49. The van der Waals surface area contributed by atoms with Crippen molar-refractivity contribution >= 4 is 17.7 Å². The van der Waals surface area contributed by atoms with Crippen molar-refractivity contribution < 1.29 is 19.4 Å². The number of hydrogen-bond acceptors (Lipinski definition) is 4. The quantitative estimate of drug-likeness (QED) is 0.839. The number of carboxylic acid groups (broad SMARTS) is 1. The van der Waals surface area contributed by atoms with Crippen LogP contribution >= 0.6 is 0 Å². The highest BCUT2D eigenvalue weighted by atomic mass is 16.5. The third-order valence-electron chi connectivity index (χ3n) is 2.85. The van der Waals surface area contributed by atoms with Crippen LogP contribution in [0.15, 0.2) is 18.3 Å². The molecule has 1 aliphatic heterocycles. The Labute approximate surface area is 104 Å². The summed E-state index contributed by atoms with van der Waals surface area (Å²) in [4.78, 5) is 27.0. The van der Waals surface area contributed by atoms with Crippen LogP contribution in [-0.2, 0) is 9.59 Å². The summed E-state index contributed by atoms with van der Waals surface area (Å²) < 4.78 is 5.47. The maximum Gasteiger partial charge on any atom is 0.311 e. The zero-order valence-corrected chi connectivity index (χ0v) is 10.1. The van der Waals surface area contributed by atoms with Gasteiger partial charge in [-0.05, 0) is 18.1 Å². The van der Waals surface area contributed by atoms with E-state index in [0.717, 1.165) is 0 Å². The fraction of sp³-hybridized carbons (Fsp3) is 0.417. The molecule has 1 aromatic heterocycles. The van der Waals surface area contributed by atoms with E-state index in [9.17, 15) is 14.7 Å². The Hall–Kier alpha value is -2.11. The van der Waals surface area contributed by atoms with Gasteiger partial charge < -0.3 is 15.2 Å². The van der Waals surface area contributed by atoms with Gasteiger partial charge in [-0.1, -0.05) is 13.8 Å². The second kappa shape index (κ2) is 4.64. The minimum Gasteiger partial charge on any atom is -0.481 e. The molecular formula is C12H14N2O4.